The van der Waals surface area contributed by atoms with Crippen LogP contribution in [0.2, 0.25) is 0 Å². The Bertz CT molecular complexity index is 680. The van der Waals surface area contributed by atoms with E-state index in [2.05, 4.69) is 55.5 Å². The van der Waals surface area contributed by atoms with Crippen LogP contribution >= 0.6 is 0 Å². The van der Waals surface area contributed by atoms with Gasteiger partial charge in [0.1, 0.15) is 0 Å². The summed E-state index contributed by atoms with van der Waals surface area (Å²) < 4.78 is 11.1. The number of rotatable bonds is 5. The molecule has 1 aliphatic rings. The van der Waals surface area contributed by atoms with Crippen molar-refractivity contribution < 1.29 is 9.47 Å². The van der Waals surface area contributed by atoms with Crippen LogP contribution in [0.3, 0.4) is 0 Å². The van der Waals surface area contributed by atoms with Crippen LogP contribution in [0.1, 0.15) is 18.1 Å². The molecule has 0 unspecified atom stereocenters. The van der Waals surface area contributed by atoms with Crippen molar-refractivity contribution in [1.29, 1.82) is 0 Å². The van der Waals surface area contributed by atoms with Crippen molar-refractivity contribution in [3.63, 3.8) is 0 Å². The molecule has 0 N–H and O–H groups in total. The van der Waals surface area contributed by atoms with Crippen LogP contribution in [0.4, 0.5) is 0 Å². The van der Waals surface area contributed by atoms with Gasteiger partial charge in [0.05, 0.1) is 18.6 Å². The normalized spacial score (nSPS) is 15.5. The highest BCUT2D eigenvalue weighted by atomic mass is 16.5. The van der Waals surface area contributed by atoms with E-state index in [1.807, 2.05) is 6.07 Å². The minimum Gasteiger partial charge on any atom is -0.383 e. The van der Waals surface area contributed by atoms with Crippen LogP contribution in [0, 0.1) is 0 Å². The van der Waals surface area contributed by atoms with E-state index in [9.17, 15) is 0 Å². The van der Waals surface area contributed by atoms with Gasteiger partial charge in [-0.05, 0) is 29.2 Å². The first-order chi connectivity index (χ1) is 10.7. The summed E-state index contributed by atoms with van der Waals surface area (Å²) in [4.78, 5) is 0. The Kier molecular flexibility index (Phi) is 4.14. The van der Waals surface area contributed by atoms with E-state index in [1.54, 1.807) is 14.2 Å². The summed E-state index contributed by atoms with van der Waals surface area (Å²) in [6, 6.07) is 17.1. The number of fused-ring (bicyclic) bond motifs is 1. The van der Waals surface area contributed by atoms with Crippen molar-refractivity contribution in [1.82, 2.24) is 0 Å². The van der Waals surface area contributed by atoms with E-state index >= 15 is 0 Å². The van der Waals surface area contributed by atoms with E-state index in [0.717, 1.165) is 0 Å². The number of hydrogen-bond acceptors (Lipinski definition) is 2. The van der Waals surface area contributed by atoms with Crippen LogP contribution in [-0.2, 0) is 14.9 Å². The predicted octanol–water partition coefficient (Wildman–Crippen LogP) is 4.30. The van der Waals surface area contributed by atoms with Gasteiger partial charge in [-0.1, -0.05) is 60.2 Å². The van der Waals surface area contributed by atoms with Crippen molar-refractivity contribution >= 4 is 6.08 Å². The smallest absolute Gasteiger partial charge is 0.0635 e. The van der Waals surface area contributed by atoms with Gasteiger partial charge in [-0.2, -0.15) is 0 Å². The zero-order valence-corrected chi connectivity index (χ0v) is 13.4. The first-order valence-corrected chi connectivity index (χ1v) is 7.58. The molecule has 2 nitrogen and oxygen atoms in total. The fourth-order valence-electron chi connectivity index (χ4n) is 3.49. The maximum absolute atomic E-state index is 5.53. The third-order valence-corrected chi connectivity index (χ3v) is 4.60. The molecule has 0 saturated heterocycles. The third-order valence-electron chi connectivity index (χ3n) is 4.60. The van der Waals surface area contributed by atoms with Gasteiger partial charge in [0.2, 0.25) is 0 Å². The van der Waals surface area contributed by atoms with Crippen molar-refractivity contribution in [2.75, 3.05) is 27.4 Å². The summed E-state index contributed by atoms with van der Waals surface area (Å²) in [6.07, 6.45) is 2.29. The van der Waals surface area contributed by atoms with Crippen molar-refractivity contribution in [3.05, 3.63) is 65.2 Å². The highest BCUT2D eigenvalue weighted by Crippen LogP contribution is 2.45. The number of ether oxygens (including phenoxy) is 2. The summed E-state index contributed by atoms with van der Waals surface area (Å²) in [5, 5.41) is 0. The fourth-order valence-corrected chi connectivity index (χ4v) is 3.49. The summed E-state index contributed by atoms with van der Waals surface area (Å²) in [5.41, 5.74) is 6.23. The number of hydrogen-bond donors (Lipinski definition) is 0. The summed E-state index contributed by atoms with van der Waals surface area (Å²) >= 11 is 0. The molecule has 0 saturated carbocycles. The molecule has 3 rings (SSSR count). The van der Waals surface area contributed by atoms with Gasteiger partial charge in [0, 0.05) is 14.2 Å². The number of methoxy groups -OCH3 is 2. The molecule has 22 heavy (non-hydrogen) atoms. The molecule has 0 atom stereocenters. The van der Waals surface area contributed by atoms with E-state index in [4.69, 9.17) is 9.47 Å². The SMILES string of the molecule is COCC1(COC)C(C)=Cc2c(-c3ccccc3)cccc21. The highest BCUT2D eigenvalue weighted by molar-refractivity contribution is 5.83. The summed E-state index contributed by atoms with van der Waals surface area (Å²) in [6.45, 7) is 3.44. The monoisotopic (exact) mass is 294 g/mol. The van der Waals surface area contributed by atoms with E-state index < -0.39 is 0 Å². The Morgan fingerprint density at radius 2 is 1.55 bits per heavy atom. The minimum absolute atomic E-state index is 0.177. The molecule has 0 spiro atoms. The predicted molar refractivity (Wildman–Crippen MR) is 91.0 cm³/mol. The van der Waals surface area contributed by atoms with Crippen molar-refractivity contribution in [3.8, 4) is 11.1 Å². The van der Waals surface area contributed by atoms with Crippen molar-refractivity contribution in [2.45, 2.75) is 12.3 Å². The standard InChI is InChI=1S/C20H22O2/c1-15-12-18-17(16-8-5-4-6-9-16)10-7-11-19(18)20(15,13-21-2)14-22-3/h4-12H,13-14H2,1-3H3. The topological polar surface area (TPSA) is 18.5 Å². The quantitative estimate of drug-likeness (QED) is 0.818. The molecular weight excluding hydrogens is 272 g/mol. The van der Waals surface area contributed by atoms with Gasteiger partial charge in [0.25, 0.3) is 0 Å². The Labute approximate surface area is 132 Å². The molecule has 0 fully saturated rings. The Morgan fingerprint density at radius 1 is 0.864 bits per heavy atom. The lowest BCUT2D eigenvalue weighted by atomic mass is 9.78. The number of benzene rings is 2. The van der Waals surface area contributed by atoms with Gasteiger partial charge in [-0.15, -0.1) is 0 Å². The molecule has 0 heterocycles. The van der Waals surface area contributed by atoms with Gasteiger partial charge in [0.15, 0.2) is 0 Å². The molecule has 1 aliphatic carbocycles. The average molecular weight is 294 g/mol. The average Bonchev–Trinajstić information content (AvgIpc) is 2.81. The molecule has 2 aromatic carbocycles. The van der Waals surface area contributed by atoms with Crippen LogP contribution in [0.25, 0.3) is 17.2 Å². The van der Waals surface area contributed by atoms with Gasteiger partial charge >= 0.3 is 0 Å². The zero-order chi connectivity index (χ0) is 15.6. The Balaban J connectivity index is 2.18. The lowest BCUT2D eigenvalue weighted by molar-refractivity contribution is 0.0792. The van der Waals surface area contributed by atoms with Gasteiger partial charge in [-0.3, -0.25) is 0 Å². The van der Waals surface area contributed by atoms with E-state index in [0.29, 0.717) is 13.2 Å². The lowest BCUT2D eigenvalue weighted by Crippen LogP contribution is -2.36. The summed E-state index contributed by atoms with van der Waals surface area (Å²) in [5.74, 6) is 0. The molecule has 0 aromatic heterocycles. The molecule has 0 amide bonds. The van der Waals surface area contributed by atoms with Crippen LogP contribution in [-0.4, -0.2) is 27.4 Å². The molecule has 114 valence electrons. The maximum Gasteiger partial charge on any atom is 0.0635 e. The largest absolute Gasteiger partial charge is 0.383 e. The molecule has 0 radical (unpaired) electrons. The highest BCUT2D eigenvalue weighted by Gasteiger charge is 2.40. The fraction of sp³-hybridized carbons (Fsp3) is 0.300. The lowest BCUT2D eigenvalue weighted by Gasteiger charge is -2.31. The van der Waals surface area contributed by atoms with Crippen LogP contribution in [0.5, 0.6) is 0 Å². The maximum atomic E-state index is 5.53. The Hall–Kier alpha value is -1.90. The Morgan fingerprint density at radius 3 is 2.18 bits per heavy atom. The zero-order valence-electron chi connectivity index (χ0n) is 13.4. The molecular formula is C20H22O2. The molecule has 2 heteroatoms. The van der Waals surface area contributed by atoms with Crippen LogP contribution in [0.15, 0.2) is 54.1 Å². The van der Waals surface area contributed by atoms with Gasteiger partial charge < -0.3 is 9.47 Å². The summed E-state index contributed by atoms with van der Waals surface area (Å²) in [7, 11) is 3.51. The second kappa shape index (κ2) is 6.07. The second-order valence-electron chi connectivity index (χ2n) is 5.91. The first kappa shape index (κ1) is 15.0. The van der Waals surface area contributed by atoms with E-state index in [-0.39, 0.29) is 5.41 Å². The van der Waals surface area contributed by atoms with Crippen molar-refractivity contribution in [2.24, 2.45) is 0 Å². The van der Waals surface area contributed by atoms with E-state index in [1.165, 1.54) is 27.8 Å². The molecule has 0 bridgehead atoms. The molecule has 0 aliphatic heterocycles. The third kappa shape index (κ3) is 2.29. The second-order valence-corrected chi connectivity index (χ2v) is 5.91. The molecule has 2 aromatic rings. The van der Waals surface area contributed by atoms with Gasteiger partial charge in [-0.25, -0.2) is 0 Å². The first-order valence-electron chi connectivity index (χ1n) is 7.58. The minimum atomic E-state index is -0.177. The van der Waals surface area contributed by atoms with Crippen LogP contribution < -0.4 is 0 Å².